The van der Waals surface area contributed by atoms with Crippen LogP contribution in [-0.2, 0) is 0 Å². The maximum absolute atomic E-state index is 9.91. The predicted octanol–water partition coefficient (Wildman–Crippen LogP) is 1.88. The number of benzene rings is 1. The average molecular weight is 293 g/mol. The van der Waals surface area contributed by atoms with Crippen LogP contribution in [0.1, 0.15) is 31.2 Å². The number of nitrogens with one attached hydrogen (secondary N) is 1. The first-order chi connectivity index (χ1) is 10.1. The third-order valence-corrected chi connectivity index (χ3v) is 4.09. The highest BCUT2D eigenvalue weighted by Gasteiger charge is 2.19. The fraction of sp³-hybridized carbons (Fsp3) is 0.647. The zero-order valence-electron chi connectivity index (χ0n) is 12.8. The quantitative estimate of drug-likeness (QED) is 0.718. The third-order valence-electron chi connectivity index (χ3n) is 4.09. The summed E-state index contributed by atoms with van der Waals surface area (Å²) in [6.07, 6.45) is 3.36. The minimum Gasteiger partial charge on any atom is -0.491 e. The molecule has 1 saturated carbocycles. The molecule has 1 atom stereocenters. The van der Waals surface area contributed by atoms with Crippen molar-refractivity contribution in [2.24, 2.45) is 5.92 Å². The van der Waals surface area contributed by atoms with Gasteiger partial charge in [-0.1, -0.05) is 17.7 Å². The molecule has 0 heterocycles. The Balaban J connectivity index is 1.57. The second kappa shape index (κ2) is 8.37. The second-order valence-electron chi connectivity index (χ2n) is 6.11. The van der Waals surface area contributed by atoms with Gasteiger partial charge in [-0.2, -0.15) is 0 Å². The van der Waals surface area contributed by atoms with Crippen LogP contribution in [0.25, 0.3) is 0 Å². The van der Waals surface area contributed by atoms with Gasteiger partial charge >= 0.3 is 0 Å². The first-order valence-electron chi connectivity index (χ1n) is 7.90. The van der Waals surface area contributed by atoms with Crippen molar-refractivity contribution in [2.45, 2.75) is 44.8 Å². The Morgan fingerprint density at radius 1 is 1.19 bits per heavy atom. The van der Waals surface area contributed by atoms with Crippen LogP contribution >= 0.6 is 0 Å². The van der Waals surface area contributed by atoms with Gasteiger partial charge in [0.15, 0.2) is 0 Å². The molecule has 118 valence electrons. The summed E-state index contributed by atoms with van der Waals surface area (Å²) < 4.78 is 5.56. The minimum absolute atomic E-state index is 0.102. The van der Waals surface area contributed by atoms with Crippen molar-refractivity contribution in [3.05, 3.63) is 29.8 Å². The molecule has 0 bridgehead atoms. The van der Waals surface area contributed by atoms with Gasteiger partial charge in [0.25, 0.3) is 0 Å². The Morgan fingerprint density at radius 2 is 1.86 bits per heavy atom. The van der Waals surface area contributed by atoms with Crippen molar-refractivity contribution < 1.29 is 14.9 Å². The van der Waals surface area contributed by atoms with Crippen molar-refractivity contribution in [3.8, 4) is 5.75 Å². The number of hydrogen-bond donors (Lipinski definition) is 3. The van der Waals surface area contributed by atoms with Gasteiger partial charge < -0.3 is 20.3 Å². The van der Waals surface area contributed by atoms with Crippen molar-refractivity contribution in [2.75, 3.05) is 19.7 Å². The van der Waals surface area contributed by atoms with Gasteiger partial charge in [-0.3, -0.25) is 0 Å². The second-order valence-corrected chi connectivity index (χ2v) is 6.11. The summed E-state index contributed by atoms with van der Waals surface area (Å²) in [6, 6.07) is 7.83. The molecular weight excluding hydrogens is 266 g/mol. The fourth-order valence-electron chi connectivity index (χ4n) is 2.69. The van der Waals surface area contributed by atoms with E-state index in [-0.39, 0.29) is 6.10 Å². The van der Waals surface area contributed by atoms with Crippen molar-refractivity contribution >= 4 is 0 Å². The smallest absolute Gasteiger partial charge is 0.119 e. The normalized spacial score (nSPS) is 23.8. The summed E-state index contributed by atoms with van der Waals surface area (Å²) in [7, 11) is 0. The summed E-state index contributed by atoms with van der Waals surface area (Å²) in [6.45, 7) is 3.80. The summed E-state index contributed by atoms with van der Waals surface area (Å²) in [5.41, 5.74) is 1.20. The first kappa shape index (κ1) is 16.3. The molecule has 0 aliphatic heterocycles. The SMILES string of the molecule is Cc1ccc(OCC(O)CNCC2CCC(O)CC2)cc1. The van der Waals surface area contributed by atoms with Crippen LogP contribution in [0.2, 0.25) is 0 Å². The maximum atomic E-state index is 9.91. The van der Waals surface area contributed by atoms with E-state index in [9.17, 15) is 10.2 Å². The molecule has 0 saturated heterocycles. The molecule has 3 N–H and O–H groups in total. The van der Waals surface area contributed by atoms with Crippen molar-refractivity contribution in [1.82, 2.24) is 5.32 Å². The zero-order valence-corrected chi connectivity index (χ0v) is 12.8. The lowest BCUT2D eigenvalue weighted by Crippen LogP contribution is -2.35. The Kier molecular flexibility index (Phi) is 6.49. The Morgan fingerprint density at radius 3 is 2.52 bits per heavy atom. The summed E-state index contributed by atoms with van der Waals surface area (Å²) in [4.78, 5) is 0. The van der Waals surface area contributed by atoms with E-state index < -0.39 is 6.10 Å². The standard InChI is InChI=1S/C17H27NO3/c1-13-2-8-17(9-3-13)21-12-16(20)11-18-10-14-4-6-15(19)7-5-14/h2-3,8-9,14-16,18-20H,4-7,10-12H2,1H3. The molecule has 0 aromatic heterocycles. The number of rotatable bonds is 7. The van der Waals surface area contributed by atoms with E-state index >= 15 is 0 Å². The highest BCUT2D eigenvalue weighted by molar-refractivity contribution is 5.26. The zero-order chi connectivity index (χ0) is 15.1. The molecule has 0 radical (unpaired) electrons. The molecule has 1 aromatic carbocycles. The van der Waals surface area contributed by atoms with E-state index in [1.807, 2.05) is 31.2 Å². The van der Waals surface area contributed by atoms with E-state index in [1.165, 1.54) is 5.56 Å². The predicted molar refractivity (Wildman–Crippen MR) is 83.5 cm³/mol. The number of aryl methyl sites for hydroxylation is 1. The van der Waals surface area contributed by atoms with Gasteiger partial charge in [0.2, 0.25) is 0 Å². The lowest BCUT2D eigenvalue weighted by atomic mass is 9.87. The molecule has 0 amide bonds. The number of hydrogen-bond acceptors (Lipinski definition) is 4. The van der Waals surface area contributed by atoms with E-state index in [2.05, 4.69) is 5.32 Å². The molecule has 2 rings (SSSR count). The molecule has 1 aliphatic rings. The molecule has 0 spiro atoms. The van der Waals surface area contributed by atoms with Gasteiger partial charge in [-0.15, -0.1) is 0 Å². The van der Waals surface area contributed by atoms with Crippen LogP contribution in [0.3, 0.4) is 0 Å². The topological polar surface area (TPSA) is 61.7 Å². The van der Waals surface area contributed by atoms with Gasteiger partial charge in [-0.25, -0.2) is 0 Å². The van der Waals surface area contributed by atoms with Crippen LogP contribution < -0.4 is 10.1 Å². The Hall–Kier alpha value is -1.10. The minimum atomic E-state index is -0.500. The van der Waals surface area contributed by atoms with Crippen LogP contribution in [0.15, 0.2) is 24.3 Å². The van der Waals surface area contributed by atoms with E-state index in [0.29, 0.717) is 19.1 Å². The summed E-state index contributed by atoms with van der Waals surface area (Å²) in [5.74, 6) is 1.42. The maximum Gasteiger partial charge on any atom is 0.119 e. The van der Waals surface area contributed by atoms with Crippen LogP contribution in [-0.4, -0.2) is 42.1 Å². The van der Waals surface area contributed by atoms with Gasteiger partial charge in [0.05, 0.1) is 6.10 Å². The molecule has 21 heavy (non-hydrogen) atoms. The fourth-order valence-corrected chi connectivity index (χ4v) is 2.69. The molecule has 1 aromatic rings. The molecule has 4 heteroatoms. The molecule has 1 fully saturated rings. The van der Waals surface area contributed by atoms with Crippen molar-refractivity contribution in [1.29, 1.82) is 0 Å². The lowest BCUT2D eigenvalue weighted by molar-refractivity contribution is 0.0953. The largest absolute Gasteiger partial charge is 0.491 e. The molecule has 1 unspecified atom stereocenters. The number of aliphatic hydroxyl groups excluding tert-OH is 2. The highest BCUT2D eigenvalue weighted by atomic mass is 16.5. The van der Waals surface area contributed by atoms with Crippen LogP contribution in [0, 0.1) is 12.8 Å². The molecule has 4 nitrogen and oxygen atoms in total. The monoisotopic (exact) mass is 293 g/mol. The first-order valence-corrected chi connectivity index (χ1v) is 7.90. The lowest BCUT2D eigenvalue weighted by Gasteiger charge is -2.26. The number of aliphatic hydroxyl groups is 2. The molecular formula is C17H27NO3. The van der Waals surface area contributed by atoms with Gasteiger partial charge in [0.1, 0.15) is 18.5 Å². The van der Waals surface area contributed by atoms with E-state index in [1.54, 1.807) is 0 Å². The summed E-state index contributed by atoms with van der Waals surface area (Å²) in [5, 5.41) is 22.7. The van der Waals surface area contributed by atoms with E-state index in [4.69, 9.17) is 4.74 Å². The summed E-state index contributed by atoms with van der Waals surface area (Å²) >= 11 is 0. The molecule has 1 aliphatic carbocycles. The number of ether oxygens (including phenoxy) is 1. The van der Waals surface area contributed by atoms with E-state index in [0.717, 1.165) is 38.0 Å². The van der Waals surface area contributed by atoms with Crippen molar-refractivity contribution in [3.63, 3.8) is 0 Å². The van der Waals surface area contributed by atoms with Crippen LogP contribution in [0.5, 0.6) is 5.75 Å². The Labute approximate surface area is 127 Å². The van der Waals surface area contributed by atoms with Gasteiger partial charge in [-0.05, 0) is 57.2 Å². The Bertz CT molecular complexity index is 399. The highest BCUT2D eigenvalue weighted by Crippen LogP contribution is 2.23. The van der Waals surface area contributed by atoms with Crippen LogP contribution in [0.4, 0.5) is 0 Å². The van der Waals surface area contributed by atoms with Gasteiger partial charge in [0, 0.05) is 6.54 Å². The third kappa shape index (κ3) is 6.04. The average Bonchev–Trinajstić information content (AvgIpc) is 2.49.